The lowest BCUT2D eigenvalue weighted by Gasteiger charge is -2.13. The van der Waals surface area contributed by atoms with Gasteiger partial charge in [-0.3, -0.25) is 14.4 Å². The predicted molar refractivity (Wildman–Crippen MR) is 140 cm³/mol. The quantitative estimate of drug-likeness (QED) is 0.243. The van der Waals surface area contributed by atoms with Crippen LogP contribution in [-0.4, -0.2) is 19.4 Å². The molecular formula is C31H18N4. The van der Waals surface area contributed by atoms with E-state index in [9.17, 15) is 0 Å². The average Bonchev–Trinajstić information content (AvgIpc) is 3.58. The van der Waals surface area contributed by atoms with Crippen LogP contribution >= 0.6 is 0 Å². The summed E-state index contributed by atoms with van der Waals surface area (Å²) in [5.74, 6) is 0. The lowest BCUT2D eigenvalue weighted by Crippen LogP contribution is -1.94. The van der Waals surface area contributed by atoms with Gasteiger partial charge in [-0.15, -0.1) is 0 Å². The van der Waals surface area contributed by atoms with Crippen LogP contribution in [0, 0.1) is 0 Å². The standard InChI is InChI=1S/C31H18N4/c1-2-4-21-17(3-1)11-18-5-6-19-12-20-13-25-24(14-23(20)30(19)29(18)21)22-7-9-32-15-27(22)35-28-16-33-10-8-26(28)34-31(25)35/h1-10,13-16H,11-12H2. The van der Waals surface area contributed by atoms with Crippen molar-refractivity contribution in [3.63, 3.8) is 0 Å². The highest BCUT2D eigenvalue weighted by Crippen LogP contribution is 2.50. The molecule has 0 N–H and O–H groups in total. The molecule has 0 atom stereocenters. The second-order valence-electron chi connectivity index (χ2n) is 9.73. The number of pyridine rings is 3. The molecule has 4 nitrogen and oxygen atoms in total. The zero-order valence-corrected chi connectivity index (χ0v) is 18.8. The molecule has 0 unspecified atom stereocenters. The zero-order chi connectivity index (χ0) is 22.7. The maximum atomic E-state index is 5.05. The van der Waals surface area contributed by atoms with Crippen molar-refractivity contribution in [1.29, 1.82) is 0 Å². The molecule has 9 rings (SSSR count). The maximum absolute atomic E-state index is 5.05. The first-order chi connectivity index (χ1) is 17.3. The Bertz CT molecular complexity index is 2070. The summed E-state index contributed by atoms with van der Waals surface area (Å²) in [6, 6.07) is 22.5. The molecule has 0 saturated carbocycles. The number of fused-ring (bicyclic) bond motifs is 15. The van der Waals surface area contributed by atoms with E-state index in [2.05, 4.69) is 69.0 Å². The van der Waals surface area contributed by atoms with Gasteiger partial charge in [0.1, 0.15) is 5.65 Å². The van der Waals surface area contributed by atoms with E-state index < -0.39 is 0 Å². The van der Waals surface area contributed by atoms with Crippen molar-refractivity contribution in [3.05, 3.63) is 108 Å². The van der Waals surface area contributed by atoms with E-state index in [0.717, 1.165) is 35.0 Å². The van der Waals surface area contributed by atoms with Gasteiger partial charge in [-0.2, -0.15) is 0 Å². The Kier molecular flexibility index (Phi) is 3.11. The molecule has 0 saturated heterocycles. The second kappa shape index (κ2) is 6.10. The summed E-state index contributed by atoms with van der Waals surface area (Å²) in [6.45, 7) is 0. The van der Waals surface area contributed by atoms with Crippen molar-refractivity contribution < 1.29 is 0 Å². The van der Waals surface area contributed by atoms with Crippen molar-refractivity contribution in [2.45, 2.75) is 12.8 Å². The number of benzene rings is 3. The molecule has 3 aromatic carbocycles. The minimum absolute atomic E-state index is 0.955. The third-order valence-corrected chi connectivity index (χ3v) is 7.97. The van der Waals surface area contributed by atoms with E-state index in [1.165, 1.54) is 60.7 Å². The molecule has 0 amide bonds. The summed E-state index contributed by atoms with van der Waals surface area (Å²) in [5.41, 5.74) is 15.3. The highest BCUT2D eigenvalue weighted by molar-refractivity contribution is 6.15. The smallest absolute Gasteiger partial charge is 0.146 e. The van der Waals surface area contributed by atoms with Crippen LogP contribution in [0.5, 0.6) is 0 Å². The predicted octanol–water partition coefficient (Wildman–Crippen LogP) is 6.73. The van der Waals surface area contributed by atoms with Crippen LogP contribution in [-0.2, 0) is 12.8 Å². The molecule has 7 aromatic rings. The monoisotopic (exact) mass is 446 g/mol. The van der Waals surface area contributed by atoms with Crippen LogP contribution in [0.25, 0.3) is 60.6 Å². The summed E-state index contributed by atoms with van der Waals surface area (Å²) in [4.78, 5) is 13.9. The van der Waals surface area contributed by atoms with Crippen molar-refractivity contribution in [1.82, 2.24) is 19.4 Å². The minimum Gasteiger partial charge on any atom is -0.289 e. The number of hydrogen-bond acceptors (Lipinski definition) is 3. The molecule has 2 aliphatic carbocycles. The molecular weight excluding hydrogens is 428 g/mol. The highest BCUT2D eigenvalue weighted by Gasteiger charge is 2.29. The van der Waals surface area contributed by atoms with Crippen molar-refractivity contribution in [2.24, 2.45) is 0 Å². The molecule has 0 aliphatic heterocycles. The fraction of sp³-hybridized carbons (Fsp3) is 0.0645. The summed E-state index contributed by atoms with van der Waals surface area (Å²) in [7, 11) is 0. The molecule has 4 heteroatoms. The Labute approximate surface area is 200 Å². The van der Waals surface area contributed by atoms with Gasteiger partial charge in [0.2, 0.25) is 0 Å². The fourth-order valence-corrected chi connectivity index (χ4v) is 6.50. The molecule has 162 valence electrons. The molecule has 2 aliphatic rings. The first kappa shape index (κ1) is 17.8. The Morgan fingerprint density at radius 1 is 0.600 bits per heavy atom. The lowest BCUT2D eigenvalue weighted by molar-refractivity contribution is 1.23. The molecule has 0 fully saturated rings. The number of hydrogen-bond donors (Lipinski definition) is 0. The van der Waals surface area contributed by atoms with Gasteiger partial charge in [-0.25, -0.2) is 4.98 Å². The normalized spacial score (nSPS) is 13.5. The molecule has 0 spiro atoms. The van der Waals surface area contributed by atoms with Crippen molar-refractivity contribution in [2.75, 3.05) is 0 Å². The Balaban J connectivity index is 1.44. The fourth-order valence-electron chi connectivity index (χ4n) is 6.50. The van der Waals surface area contributed by atoms with Crippen molar-refractivity contribution >= 4 is 38.4 Å². The molecule has 4 aromatic heterocycles. The van der Waals surface area contributed by atoms with Crippen molar-refractivity contribution in [3.8, 4) is 22.3 Å². The molecule has 4 heterocycles. The first-order valence-corrected chi connectivity index (χ1v) is 12.0. The number of aromatic nitrogens is 4. The van der Waals surface area contributed by atoms with Crippen LogP contribution in [0.2, 0.25) is 0 Å². The summed E-state index contributed by atoms with van der Waals surface area (Å²) in [6.07, 6.45) is 9.52. The third kappa shape index (κ3) is 2.15. The van der Waals surface area contributed by atoms with Gasteiger partial charge in [0.25, 0.3) is 0 Å². The van der Waals surface area contributed by atoms with E-state index in [-0.39, 0.29) is 0 Å². The summed E-state index contributed by atoms with van der Waals surface area (Å²) in [5, 5.41) is 3.60. The Hall–Kier alpha value is -4.57. The van der Waals surface area contributed by atoms with E-state index in [4.69, 9.17) is 4.98 Å². The second-order valence-corrected chi connectivity index (χ2v) is 9.73. The van der Waals surface area contributed by atoms with Crippen LogP contribution in [0.15, 0.2) is 85.5 Å². The van der Waals surface area contributed by atoms with Gasteiger partial charge >= 0.3 is 0 Å². The Morgan fingerprint density at radius 2 is 1.37 bits per heavy atom. The zero-order valence-electron chi connectivity index (χ0n) is 18.8. The minimum atomic E-state index is 0.955. The van der Waals surface area contributed by atoms with Gasteiger partial charge in [0.15, 0.2) is 0 Å². The van der Waals surface area contributed by atoms with Crippen LogP contribution in [0.1, 0.15) is 22.3 Å². The van der Waals surface area contributed by atoms with Crippen LogP contribution < -0.4 is 0 Å². The number of imidazole rings is 1. The summed E-state index contributed by atoms with van der Waals surface area (Å²) >= 11 is 0. The van der Waals surface area contributed by atoms with Gasteiger partial charge in [0.05, 0.1) is 28.9 Å². The van der Waals surface area contributed by atoms with Crippen LogP contribution in [0.4, 0.5) is 0 Å². The van der Waals surface area contributed by atoms with E-state index in [1.807, 2.05) is 30.9 Å². The first-order valence-electron chi connectivity index (χ1n) is 12.0. The van der Waals surface area contributed by atoms with E-state index in [1.54, 1.807) is 0 Å². The molecule has 35 heavy (non-hydrogen) atoms. The third-order valence-electron chi connectivity index (χ3n) is 7.97. The van der Waals surface area contributed by atoms with Gasteiger partial charge in [-0.05, 0) is 87.0 Å². The number of nitrogens with zero attached hydrogens (tertiary/aromatic N) is 4. The number of rotatable bonds is 0. The molecule has 0 bridgehead atoms. The van der Waals surface area contributed by atoms with Gasteiger partial charge in [0, 0.05) is 23.2 Å². The topological polar surface area (TPSA) is 43.1 Å². The lowest BCUT2D eigenvalue weighted by atomic mass is 9.92. The molecule has 0 radical (unpaired) electrons. The largest absolute Gasteiger partial charge is 0.289 e. The Morgan fingerprint density at radius 3 is 2.29 bits per heavy atom. The SMILES string of the molecule is c1ccc2c(c1)Cc1ccc3c(c1-2)-c1cc2c4ccncc4n4c5cnccc5nc4c2cc1C3. The van der Waals surface area contributed by atoms with E-state index >= 15 is 0 Å². The maximum Gasteiger partial charge on any atom is 0.146 e. The average molecular weight is 447 g/mol. The highest BCUT2D eigenvalue weighted by atomic mass is 15.0. The van der Waals surface area contributed by atoms with Crippen LogP contribution in [0.3, 0.4) is 0 Å². The van der Waals surface area contributed by atoms with E-state index in [0.29, 0.717) is 0 Å². The van der Waals surface area contributed by atoms with Gasteiger partial charge in [-0.1, -0.05) is 36.4 Å². The summed E-state index contributed by atoms with van der Waals surface area (Å²) < 4.78 is 2.22. The van der Waals surface area contributed by atoms with Gasteiger partial charge < -0.3 is 0 Å².